The van der Waals surface area contributed by atoms with Crippen molar-refractivity contribution < 1.29 is 9.90 Å². The number of aromatic nitrogens is 2. The van der Waals surface area contributed by atoms with E-state index in [4.69, 9.17) is 16.7 Å². The number of unbranched alkanes of at least 4 members (excludes halogenated alkanes) is 3. The first-order valence-corrected chi connectivity index (χ1v) is 9.14. The minimum Gasteiger partial charge on any atom is -0.481 e. The molecule has 0 aliphatic heterocycles. The fraction of sp³-hybridized carbons (Fsp3) is 0.300. The summed E-state index contributed by atoms with van der Waals surface area (Å²) in [5.74, 6) is -0.759. The summed E-state index contributed by atoms with van der Waals surface area (Å²) in [5, 5.41) is 9.26. The Bertz CT molecular complexity index is 981. The fourth-order valence-corrected chi connectivity index (χ4v) is 3.37. The summed E-state index contributed by atoms with van der Waals surface area (Å²) in [6.45, 7) is 0.611. The van der Waals surface area contributed by atoms with Crippen molar-refractivity contribution in [2.24, 2.45) is 0 Å². The molecule has 0 spiro atoms. The molecule has 1 aromatic heterocycles. The van der Waals surface area contributed by atoms with E-state index in [-0.39, 0.29) is 41.7 Å². The summed E-state index contributed by atoms with van der Waals surface area (Å²) in [5.41, 5.74) is 2.41. The molecule has 3 aromatic rings. The minimum atomic E-state index is -0.759. The van der Waals surface area contributed by atoms with E-state index in [1.54, 1.807) is 21.3 Å². The number of hydrogen-bond acceptors (Lipinski definition) is 2. The molecule has 1 heterocycles. The maximum Gasteiger partial charge on any atom is 0.333 e. The van der Waals surface area contributed by atoms with Crippen molar-refractivity contribution in [1.82, 2.24) is 9.13 Å². The van der Waals surface area contributed by atoms with E-state index in [2.05, 4.69) is 0 Å². The van der Waals surface area contributed by atoms with Gasteiger partial charge in [0.1, 0.15) is 0 Å². The van der Waals surface area contributed by atoms with Crippen LogP contribution in [0.3, 0.4) is 0 Å². The zero-order chi connectivity index (χ0) is 18.5. The Hall–Kier alpha value is -1.53. The number of carbonyl (C=O) groups is 1. The van der Waals surface area contributed by atoms with Gasteiger partial charge < -0.3 is 5.11 Å². The van der Waals surface area contributed by atoms with E-state index in [0.29, 0.717) is 18.0 Å². The standard InChI is InChI=1S/C20H21ClN2O3.Na/c21-15-8-7-9-16(14-15)23-18-11-5-4-10-17(18)22(20(23)26)13-6-2-1-3-12-19(24)25;/h4-5,7-11,14H,1-3,6,12-13H2,(H,24,25);. The Kier molecular flexibility index (Phi) is 8.17. The van der Waals surface area contributed by atoms with Crippen molar-refractivity contribution >= 4 is 58.2 Å². The molecular weight excluding hydrogens is 375 g/mol. The van der Waals surface area contributed by atoms with Crippen LogP contribution in [0.15, 0.2) is 53.3 Å². The minimum absolute atomic E-state index is 0. The predicted molar refractivity (Wildman–Crippen MR) is 109 cm³/mol. The largest absolute Gasteiger partial charge is 0.481 e. The molecule has 0 aliphatic rings. The molecule has 3 rings (SSSR count). The molecule has 0 amide bonds. The second kappa shape index (κ2) is 10.1. The number of aryl methyl sites for hydroxylation is 1. The summed E-state index contributed by atoms with van der Waals surface area (Å²) < 4.78 is 3.47. The maximum absolute atomic E-state index is 13.0. The monoisotopic (exact) mass is 395 g/mol. The second-order valence-electron chi connectivity index (χ2n) is 6.30. The summed E-state index contributed by atoms with van der Waals surface area (Å²) in [6.07, 6.45) is 3.47. The van der Waals surface area contributed by atoms with Gasteiger partial charge in [0.2, 0.25) is 0 Å². The van der Waals surface area contributed by atoms with Crippen LogP contribution < -0.4 is 5.69 Å². The van der Waals surface area contributed by atoms with Crippen molar-refractivity contribution in [3.05, 3.63) is 64.0 Å². The van der Waals surface area contributed by atoms with Crippen LogP contribution in [0.1, 0.15) is 32.1 Å². The van der Waals surface area contributed by atoms with Gasteiger partial charge in [0.15, 0.2) is 0 Å². The van der Waals surface area contributed by atoms with E-state index >= 15 is 0 Å². The van der Waals surface area contributed by atoms with E-state index in [1.807, 2.05) is 36.4 Å². The van der Waals surface area contributed by atoms with Crippen LogP contribution in [0.4, 0.5) is 0 Å². The third-order valence-electron chi connectivity index (χ3n) is 4.42. The average molecular weight is 396 g/mol. The molecule has 0 saturated carbocycles. The number of nitrogens with zero attached hydrogens (tertiary/aromatic N) is 2. The van der Waals surface area contributed by atoms with Crippen molar-refractivity contribution in [3.63, 3.8) is 0 Å². The fourth-order valence-electron chi connectivity index (χ4n) is 3.19. The molecule has 0 aliphatic carbocycles. The summed E-state index contributed by atoms with van der Waals surface area (Å²) in [6, 6.07) is 15.0. The van der Waals surface area contributed by atoms with E-state index in [1.165, 1.54) is 0 Å². The van der Waals surface area contributed by atoms with Gasteiger partial charge in [-0.05, 0) is 43.2 Å². The molecular formula is C20H21ClN2NaO3. The van der Waals surface area contributed by atoms with Gasteiger partial charge in [-0.3, -0.25) is 13.9 Å². The SMILES string of the molecule is O=C(O)CCCCCCn1c(=O)n(-c2cccc(Cl)c2)c2ccccc21.[Na]. The summed E-state index contributed by atoms with van der Waals surface area (Å²) in [4.78, 5) is 23.6. The molecule has 2 aromatic carbocycles. The van der Waals surface area contributed by atoms with Crippen LogP contribution in [-0.4, -0.2) is 49.8 Å². The van der Waals surface area contributed by atoms with Crippen molar-refractivity contribution in [3.8, 4) is 5.69 Å². The summed E-state index contributed by atoms with van der Waals surface area (Å²) in [7, 11) is 0. The normalized spacial score (nSPS) is 10.7. The van der Waals surface area contributed by atoms with Crippen LogP contribution in [-0.2, 0) is 11.3 Å². The van der Waals surface area contributed by atoms with Gasteiger partial charge in [0.25, 0.3) is 0 Å². The third-order valence-corrected chi connectivity index (χ3v) is 4.66. The number of imidazole rings is 1. The van der Waals surface area contributed by atoms with Gasteiger partial charge in [-0.1, -0.05) is 42.6 Å². The van der Waals surface area contributed by atoms with E-state index in [0.717, 1.165) is 36.0 Å². The molecule has 0 saturated heterocycles. The maximum atomic E-state index is 13.0. The number of rotatable bonds is 8. The third kappa shape index (κ3) is 5.26. The average Bonchev–Trinajstić information content (AvgIpc) is 2.89. The van der Waals surface area contributed by atoms with Gasteiger partial charge >= 0.3 is 11.7 Å². The topological polar surface area (TPSA) is 64.2 Å². The first-order valence-electron chi connectivity index (χ1n) is 8.76. The Morgan fingerprint density at radius 1 is 0.963 bits per heavy atom. The van der Waals surface area contributed by atoms with Crippen LogP contribution in [0, 0.1) is 0 Å². The molecule has 0 fully saturated rings. The number of para-hydroxylation sites is 2. The number of fused-ring (bicyclic) bond motifs is 1. The number of hydrogen-bond donors (Lipinski definition) is 1. The van der Waals surface area contributed by atoms with Crippen molar-refractivity contribution in [2.45, 2.75) is 38.6 Å². The molecule has 1 radical (unpaired) electrons. The van der Waals surface area contributed by atoms with Gasteiger partial charge in [-0.2, -0.15) is 0 Å². The van der Waals surface area contributed by atoms with Crippen molar-refractivity contribution in [1.29, 1.82) is 0 Å². The molecule has 7 heteroatoms. The Morgan fingerprint density at radius 2 is 1.67 bits per heavy atom. The first-order chi connectivity index (χ1) is 12.6. The predicted octanol–water partition coefficient (Wildman–Crippen LogP) is 4.10. The van der Waals surface area contributed by atoms with E-state index in [9.17, 15) is 9.59 Å². The quantitative estimate of drug-likeness (QED) is 0.461. The summed E-state index contributed by atoms with van der Waals surface area (Å²) >= 11 is 6.10. The van der Waals surface area contributed by atoms with Crippen LogP contribution in [0.25, 0.3) is 16.7 Å². The van der Waals surface area contributed by atoms with Crippen LogP contribution >= 0.6 is 11.6 Å². The number of benzene rings is 2. The molecule has 0 unspecified atom stereocenters. The van der Waals surface area contributed by atoms with Crippen LogP contribution in [0.2, 0.25) is 5.02 Å². The van der Waals surface area contributed by atoms with Gasteiger partial charge in [-0.15, -0.1) is 0 Å². The van der Waals surface area contributed by atoms with Crippen molar-refractivity contribution in [2.75, 3.05) is 0 Å². The number of aliphatic carboxylic acids is 1. The zero-order valence-electron chi connectivity index (χ0n) is 15.4. The smallest absolute Gasteiger partial charge is 0.333 e. The van der Waals surface area contributed by atoms with Gasteiger partial charge in [0.05, 0.1) is 16.7 Å². The molecule has 0 atom stereocenters. The number of carboxylic acids is 1. The second-order valence-corrected chi connectivity index (χ2v) is 6.73. The first kappa shape index (κ1) is 21.8. The Balaban J connectivity index is 0.00000261. The zero-order valence-corrected chi connectivity index (χ0v) is 18.2. The van der Waals surface area contributed by atoms with E-state index < -0.39 is 5.97 Å². The molecule has 0 bridgehead atoms. The number of carboxylic acid groups (broad SMARTS) is 1. The molecule has 137 valence electrons. The van der Waals surface area contributed by atoms with Gasteiger partial charge in [0, 0.05) is 47.5 Å². The number of halogens is 1. The van der Waals surface area contributed by atoms with Crippen LogP contribution in [0.5, 0.6) is 0 Å². The molecule has 5 nitrogen and oxygen atoms in total. The Labute approximate surface area is 184 Å². The molecule has 27 heavy (non-hydrogen) atoms. The molecule has 1 N–H and O–H groups in total. The Morgan fingerprint density at radius 3 is 2.37 bits per heavy atom. The van der Waals surface area contributed by atoms with Gasteiger partial charge in [-0.25, -0.2) is 4.79 Å².